The van der Waals surface area contributed by atoms with E-state index in [4.69, 9.17) is 29.4 Å². The van der Waals surface area contributed by atoms with Gasteiger partial charge in [0.2, 0.25) is 0 Å². The van der Waals surface area contributed by atoms with E-state index in [0.29, 0.717) is 39.5 Å². The van der Waals surface area contributed by atoms with Gasteiger partial charge in [-0.1, -0.05) is 39.8 Å². The molecule has 0 aliphatic heterocycles. The predicted molar refractivity (Wildman–Crippen MR) is 158 cm³/mol. The maximum Gasteiger partial charge on any atom is 0.161 e. The molecule has 1 atom stereocenters. The zero-order chi connectivity index (χ0) is 27.4. The quantitative estimate of drug-likeness (QED) is 0.143. The Morgan fingerprint density at radius 1 is 0.921 bits per heavy atom. The number of nitrogens with two attached hydrogens (primary N) is 1. The summed E-state index contributed by atoms with van der Waals surface area (Å²) in [5, 5.41) is 13.6. The molecule has 0 spiro atoms. The number of hydrogen-bond acceptors (Lipinski definition) is 10. The molecule has 10 heteroatoms. The molecule has 0 aliphatic carbocycles. The van der Waals surface area contributed by atoms with Gasteiger partial charge in [-0.3, -0.25) is 0 Å². The first-order valence-electron chi connectivity index (χ1n) is 13.1. The fourth-order valence-electron chi connectivity index (χ4n) is 3.31. The number of methoxy groups -OCH3 is 1. The van der Waals surface area contributed by atoms with Crippen LogP contribution in [0.4, 0.5) is 0 Å². The summed E-state index contributed by atoms with van der Waals surface area (Å²) in [4.78, 5) is 0. The van der Waals surface area contributed by atoms with E-state index in [1.54, 1.807) is 28.7 Å². The molecular formula is C28H44N2O6S2. The molecule has 0 radical (unpaired) electrons. The molecule has 4 N–H and O–H groups in total. The van der Waals surface area contributed by atoms with Crippen molar-refractivity contribution in [2.24, 2.45) is 5.73 Å². The predicted octanol–water partition coefficient (Wildman–Crippen LogP) is 3.93. The number of nitrogens with one attached hydrogen (secondary N) is 1. The van der Waals surface area contributed by atoms with Crippen LogP contribution in [0, 0.1) is 0 Å². The third-order valence-electron chi connectivity index (χ3n) is 5.22. The summed E-state index contributed by atoms with van der Waals surface area (Å²) in [7, 11) is 5.17. The van der Waals surface area contributed by atoms with E-state index in [2.05, 4.69) is 5.32 Å². The van der Waals surface area contributed by atoms with Crippen LogP contribution in [0.1, 0.15) is 25.0 Å². The Kier molecular flexibility index (Phi) is 17.4. The molecule has 2 aromatic rings. The highest BCUT2D eigenvalue weighted by Crippen LogP contribution is 2.29. The van der Waals surface area contributed by atoms with Crippen molar-refractivity contribution in [3.8, 4) is 17.2 Å². The van der Waals surface area contributed by atoms with E-state index in [0.717, 1.165) is 52.8 Å². The van der Waals surface area contributed by atoms with Gasteiger partial charge in [-0.2, -0.15) is 0 Å². The van der Waals surface area contributed by atoms with Crippen LogP contribution in [-0.4, -0.2) is 82.0 Å². The van der Waals surface area contributed by atoms with Crippen LogP contribution >= 0.6 is 21.6 Å². The molecule has 38 heavy (non-hydrogen) atoms. The third-order valence-corrected chi connectivity index (χ3v) is 7.62. The average Bonchev–Trinajstić information content (AvgIpc) is 2.92. The zero-order valence-corrected chi connectivity index (χ0v) is 24.5. The van der Waals surface area contributed by atoms with E-state index in [1.165, 1.54) is 0 Å². The topological polar surface area (TPSA) is 104 Å². The van der Waals surface area contributed by atoms with Crippen molar-refractivity contribution >= 4 is 21.6 Å². The summed E-state index contributed by atoms with van der Waals surface area (Å²) in [5.41, 5.74) is 7.70. The second-order valence-corrected chi connectivity index (χ2v) is 11.5. The van der Waals surface area contributed by atoms with Crippen molar-refractivity contribution in [3.63, 3.8) is 0 Å². The normalized spacial score (nSPS) is 12.1. The lowest BCUT2D eigenvalue weighted by Crippen LogP contribution is -2.32. The largest absolute Gasteiger partial charge is 0.493 e. The molecule has 0 fully saturated rings. The van der Waals surface area contributed by atoms with Crippen LogP contribution in [0.25, 0.3) is 0 Å². The highest BCUT2D eigenvalue weighted by molar-refractivity contribution is 8.76. The smallest absolute Gasteiger partial charge is 0.161 e. The van der Waals surface area contributed by atoms with Gasteiger partial charge in [-0.05, 0) is 62.2 Å². The van der Waals surface area contributed by atoms with Crippen molar-refractivity contribution in [2.45, 2.75) is 39.1 Å². The first kappa shape index (κ1) is 32.6. The van der Waals surface area contributed by atoms with Crippen LogP contribution in [0.5, 0.6) is 17.2 Å². The lowest BCUT2D eigenvalue weighted by molar-refractivity contribution is 0.0143. The fraction of sp³-hybridized carbons (Fsp3) is 0.571. The standard InChI is InChI=1S/C28H44N2O6S2/c1-22(2)34-14-13-33-20-24-4-7-26(8-5-24)36-21-25(31)19-30-12-10-23-6-9-27(28(18-23)32-3)35-15-17-38-37-16-11-29/h4-9,18,22,25,30-31H,10-17,19-21,29H2,1-3H3/t25-/m0/s1. The van der Waals surface area contributed by atoms with Gasteiger partial charge in [0.05, 0.1) is 39.6 Å². The van der Waals surface area contributed by atoms with Gasteiger partial charge in [-0.25, -0.2) is 0 Å². The Hall–Kier alpha value is -1.66. The lowest BCUT2D eigenvalue weighted by atomic mass is 10.1. The molecule has 214 valence electrons. The maximum absolute atomic E-state index is 10.3. The zero-order valence-electron chi connectivity index (χ0n) is 22.9. The van der Waals surface area contributed by atoms with Crippen LogP contribution in [-0.2, 0) is 22.5 Å². The second kappa shape index (κ2) is 20.3. The fourth-order valence-corrected chi connectivity index (χ4v) is 4.99. The Morgan fingerprint density at radius 2 is 1.68 bits per heavy atom. The molecule has 8 nitrogen and oxygen atoms in total. The van der Waals surface area contributed by atoms with E-state index in [1.807, 2.05) is 56.3 Å². The van der Waals surface area contributed by atoms with E-state index < -0.39 is 6.10 Å². The lowest BCUT2D eigenvalue weighted by Gasteiger charge is -2.14. The Morgan fingerprint density at radius 3 is 2.42 bits per heavy atom. The second-order valence-electron chi connectivity index (χ2n) is 8.80. The summed E-state index contributed by atoms with van der Waals surface area (Å²) in [6.45, 7) is 8.41. The van der Waals surface area contributed by atoms with E-state index in [9.17, 15) is 5.11 Å². The Labute approximate surface area is 235 Å². The molecule has 0 saturated carbocycles. The maximum atomic E-state index is 10.3. The number of rotatable bonds is 22. The first-order valence-corrected chi connectivity index (χ1v) is 15.5. The molecule has 0 heterocycles. The van der Waals surface area contributed by atoms with Gasteiger partial charge in [0.1, 0.15) is 18.5 Å². The van der Waals surface area contributed by atoms with Gasteiger partial charge in [0.15, 0.2) is 11.5 Å². The summed E-state index contributed by atoms with van der Waals surface area (Å²) < 4.78 is 28.2. The van der Waals surface area contributed by atoms with Crippen molar-refractivity contribution < 1.29 is 28.8 Å². The van der Waals surface area contributed by atoms with Crippen molar-refractivity contribution in [2.75, 3.05) is 64.7 Å². The number of ether oxygens (including phenoxy) is 5. The van der Waals surface area contributed by atoms with Crippen molar-refractivity contribution in [1.29, 1.82) is 0 Å². The van der Waals surface area contributed by atoms with Crippen molar-refractivity contribution in [1.82, 2.24) is 5.32 Å². The van der Waals surface area contributed by atoms with Crippen molar-refractivity contribution in [3.05, 3.63) is 53.6 Å². The molecule has 0 aliphatic rings. The van der Waals surface area contributed by atoms with Gasteiger partial charge in [0.25, 0.3) is 0 Å². The minimum atomic E-state index is -0.606. The number of aliphatic hydroxyl groups is 1. The van der Waals surface area contributed by atoms with Crippen LogP contribution in [0.2, 0.25) is 0 Å². The molecule has 0 unspecified atom stereocenters. The van der Waals surface area contributed by atoms with E-state index >= 15 is 0 Å². The Bertz CT molecular complexity index is 873. The molecule has 0 saturated heterocycles. The molecule has 2 aromatic carbocycles. The van der Waals surface area contributed by atoms with Crippen LogP contribution < -0.4 is 25.3 Å². The number of hydrogen-bond donors (Lipinski definition) is 3. The number of aliphatic hydroxyl groups excluding tert-OH is 1. The molecule has 0 amide bonds. The summed E-state index contributed by atoms with van der Waals surface area (Å²) in [6.07, 6.45) is 0.418. The van der Waals surface area contributed by atoms with Gasteiger partial charge in [-0.15, -0.1) is 0 Å². The van der Waals surface area contributed by atoms with Gasteiger partial charge < -0.3 is 39.8 Å². The molecule has 0 bridgehead atoms. The third kappa shape index (κ3) is 14.5. The average molecular weight is 569 g/mol. The molecular weight excluding hydrogens is 524 g/mol. The SMILES string of the molecule is COc1cc(CCNC[C@H](O)COc2ccc(COCCOC(C)C)cc2)ccc1OCCSSCCN. The highest BCUT2D eigenvalue weighted by atomic mass is 33.1. The first-order chi connectivity index (χ1) is 18.5. The van der Waals surface area contributed by atoms with Crippen LogP contribution in [0.15, 0.2) is 42.5 Å². The highest BCUT2D eigenvalue weighted by Gasteiger charge is 2.08. The molecule has 0 aromatic heterocycles. The molecule has 2 rings (SSSR count). The monoisotopic (exact) mass is 568 g/mol. The summed E-state index contributed by atoms with van der Waals surface area (Å²) in [5.74, 6) is 4.03. The summed E-state index contributed by atoms with van der Waals surface area (Å²) in [6, 6.07) is 13.7. The van der Waals surface area contributed by atoms with Gasteiger partial charge in [0, 0.05) is 24.6 Å². The summed E-state index contributed by atoms with van der Waals surface area (Å²) >= 11 is 0. The van der Waals surface area contributed by atoms with E-state index in [-0.39, 0.29) is 12.7 Å². The number of benzene rings is 2. The van der Waals surface area contributed by atoms with Gasteiger partial charge >= 0.3 is 0 Å². The van der Waals surface area contributed by atoms with Crippen LogP contribution in [0.3, 0.4) is 0 Å². The Balaban J connectivity index is 1.60. The minimum Gasteiger partial charge on any atom is -0.493 e. The minimum absolute atomic E-state index is 0.216.